The number of aromatic nitrogens is 2. The van der Waals surface area contributed by atoms with E-state index in [1.807, 2.05) is 13.8 Å². The lowest BCUT2D eigenvalue weighted by atomic mass is 10.1. The van der Waals surface area contributed by atoms with Gasteiger partial charge in [0.2, 0.25) is 0 Å². The van der Waals surface area contributed by atoms with Gasteiger partial charge in [0.1, 0.15) is 16.5 Å². The van der Waals surface area contributed by atoms with Crippen LogP contribution in [0.15, 0.2) is 30.3 Å². The maximum absolute atomic E-state index is 12.8. The minimum Gasteiger partial charge on any atom is -0.369 e. The van der Waals surface area contributed by atoms with Crippen molar-refractivity contribution in [1.29, 1.82) is 0 Å². The van der Waals surface area contributed by atoms with Crippen LogP contribution in [0, 0.1) is 6.92 Å². The van der Waals surface area contributed by atoms with Gasteiger partial charge in [0, 0.05) is 17.8 Å². The molecular formula is C19H20F3N3S. The van der Waals surface area contributed by atoms with Crippen molar-refractivity contribution in [2.75, 3.05) is 11.9 Å². The summed E-state index contributed by atoms with van der Waals surface area (Å²) in [6.07, 6.45) is -2.24. The monoisotopic (exact) mass is 379 g/mol. The summed E-state index contributed by atoms with van der Waals surface area (Å²) in [5.41, 5.74) is 0.0943. The van der Waals surface area contributed by atoms with Crippen LogP contribution in [0.4, 0.5) is 19.0 Å². The molecule has 0 aliphatic rings. The molecule has 0 bridgehead atoms. The second kappa shape index (κ2) is 7.61. The van der Waals surface area contributed by atoms with Gasteiger partial charge in [-0.15, -0.1) is 11.3 Å². The number of halogens is 3. The van der Waals surface area contributed by atoms with Crippen molar-refractivity contribution in [1.82, 2.24) is 9.97 Å². The third-order valence-electron chi connectivity index (χ3n) is 4.07. The molecule has 7 heteroatoms. The van der Waals surface area contributed by atoms with Crippen LogP contribution in [-0.2, 0) is 19.0 Å². The van der Waals surface area contributed by atoms with Gasteiger partial charge in [0.25, 0.3) is 0 Å². The molecule has 0 fully saturated rings. The van der Waals surface area contributed by atoms with E-state index in [0.29, 0.717) is 18.5 Å². The van der Waals surface area contributed by atoms with Gasteiger partial charge in [-0.2, -0.15) is 13.2 Å². The molecule has 3 rings (SSSR count). The topological polar surface area (TPSA) is 37.8 Å². The summed E-state index contributed by atoms with van der Waals surface area (Å²) < 4.78 is 38.3. The molecule has 2 aromatic heterocycles. The Morgan fingerprint density at radius 2 is 1.96 bits per heavy atom. The Morgan fingerprint density at radius 1 is 1.15 bits per heavy atom. The highest BCUT2D eigenvalue weighted by Crippen LogP contribution is 2.30. The number of fused-ring (bicyclic) bond motifs is 1. The summed E-state index contributed by atoms with van der Waals surface area (Å²) >= 11 is 1.64. The number of hydrogen-bond donors (Lipinski definition) is 1. The van der Waals surface area contributed by atoms with E-state index in [1.54, 1.807) is 17.4 Å². The van der Waals surface area contributed by atoms with Crippen molar-refractivity contribution in [2.24, 2.45) is 0 Å². The van der Waals surface area contributed by atoms with Crippen LogP contribution >= 0.6 is 11.3 Å². The maximum Gasteiger partial charge on any atom is 0.416 e. The predicted octanol–water partition coefficient (Wildman–Crippen LogP) is 5.63. The van der Waals surface area contributed by atoms with Crippen LogP contribution in [-0.4, -0.2) is 16.5 Å². The van der Waals surface area contributed by atoms with Crippen molar-refractivity contribution < 1.29 is 13.2 Å². The third kappa shape index (κ3) is 4.33. The zero-order valence-electron chi connectivity index (χ0n) is 14.7. The van der Waals surface area contributed by atoms with Gasteiger partial charge in [-0.05, 0) is 37.5 Å². The summed E-state index contributed by atoms with van der Waals surface area (Å²) in [5.74, 6) is 1.60. The van der Waals surface area contributed by atoms with E-state index in [1.165, 1.54) is 17.0 Å². The minimum atomic E-state index is -4.30. The standard InChI is InChI=1S/C19H20F3N3S/c1-3-16-24-17(15-10-12(2)26-18(15)25-16)23-9-5-7-13-6-4-8-14(11-13)19(20,21)22/h4,6,8,10-11H,3,5,7,9H2,1-2H3,(H,23,24,25). The van der Waals surface area contributed by atoms with Gasteiger partial charge in [-0.1, -0.05) is 25.1 Å². The molecule has 0 aliphatic heterocycles. The number of rotatable bonds is 6. The molecule has 0 amide bonds. The second-order valence-corrected chi connectivity index (χ2v) is 7.38. The normalized spacial score (nSPS) is 11.9. The number of hydrogen-bond acceptors (Lipinski definition) is 4. The molecule has 0 atom stereocenters. The third-order valence-corrected chi connectivity index (χ3v) is 5.01. The number of anilines is 1. The average molecular weight is 379 g/mol. The molecule has 3 aromatic rings. The molecular weight excluding hydrogens is 359 g/mol. The highest BCUT2D eigenvalue weighted by molar-refractivity contribution is 7.18. The van der Waals surface area contributed by atoms with Gasteiger partial charge in [-0.3, -0.25) is 0 Å². The molecule has 3 nitrogen and oxygen atoms in total. The number of nitrogens with one attached hydrogen (secondary N) is 1. The Kier molecular flexibility index (Phi) is 5.46. The smallest absolute Gasteiger partial charge is 0.369 e. The van der Waals surface area contributed by atoms with E-state index >= 15 is 0 Å². The SMILES string of the molecule is CCc1nc(NCCCc2cccc(C(F)(F)F)c2)c2cc(C)sc2n1. The summed E-state index contributed by atoms with van der Waals surface area (Å²) in [6, 6.07) is 7.58. The van der Waals surface area contributed by atoms with Gasteiger partial charge < -0.3 is 5.32 Å². The Morgan fingerprint density at radius 3 is 2.69 bits per heavy atom. The first-order valence-corrected chi connectivity index (χ1v) is 9.35. The molecule has 0 saturated carbocycles. The lowest BCUT2D eigenvalue weighted by Gasteiger charge is -2.10. The van der Waals surface area contributed by atoms with Crippen molar-refractivity contribution in [2.45, 2.75) is 39.3 Å². The molecule has 0 aliphatic carbocycles. The van der Waals surface area contributed by atoms with Gasteiger partial charge in [-0.25, -0.2) is 9.97 Å². The van der Waals surface area contributed by atoms with E-state index in [2.05, 4.69) is 21.4 Å². The maximum atomic E-state index is 12.8. The Labute approximate surface area is 154 Å². The van der Waals surface area contributed by atoms with Crippen LogP contribution in [0.5, 0.6) is 0 Å². The molecule has 0 saturated heterocycles. The minimum absolute atomic E-state index is 0.578. The predicted molar refractivity (Wildman–Crippen MR) is 99.8 cm³/mol. The highest BCUT2D eigenvalue weighted by atomic mass is 32.1. The summed E-state index contributed by atoms with van der Waals surface area (Å²) in [5, 5.41) is 4.33. The van der Waals surface area contributed by atoms with Crippen molar-refractivity contribution in [3.8, 4) is 0 Å². The quantitative estimate of drug-likeness (QED) is 0.565. The highest BCUT2D eigenvalue weighted by Gasteiger charge is 2.30. The number of alkyl halides is 3. The molecule has 0 radical (unpaired) electrons. The Hall–Kier alpha value is -2.15. The van der Waals surface area contributed by atoms with E-state index in [9.17, 15) is 13.2 Å². The Balaban J connectivity index is 1.65. The van der Waals surface area contributed by atoms with Gasteiger partial charge >= 0.3 is 6.18 Å². The zero-order chi connectivity index (χ0) is 18.7. The van der Waals surface area contributed by atoms with Gasteiger partial charge in [0.15, 0.2) is 0 Å². The summed E-state index contributed by atoms with van der Waals surface area (Å²) in [4.78, 5) is 11.2. The van der Waals surface area contributed by atoms with Crippen molar-refractivity contribution in [3.05, 3.63) is 52.2 Å². The lowest BCUT2D eigenvalue weighted by molar-refractivity contribution is -0.137. The molecule has 26 heavy (non-hydrogen) atoms. The number of thiophene rings is 1. The molecule has 0 unspecified atom stereocenters. The Bertz CT molecular complexity index is 903. The first kappa shape index (κ1) is 18.6. The van der Waals surface area contributed by atoms with Crippen LogP contribution in [0.1, 0.15) is 35.2 Å². The zero-order valence-corrected chi connectivity index (χ0v) is 15.5. The first-order valence-electron chi connectivity index (χ1n) is 8.54. The molecule has 1 N–H and O–H groups in total. The van der Waals surface area contributed by atoms with Crippen molar-refractivity contribution in [3.63, 3.8) is 0 Å². The summed E-state index contributed by atoms with van der Waals surface area (Å²) in [7, 11) is 0. The molecule has 2 heterocycles. The van der Waals surface area contributed by atoms with Crippen molar-refractivity contribution >= 4 is 27.4 Å². The number of benzene rings is 1. The molecule has 138 valence electrons. The largest absolute Gasteiger partial charge is 0.416 e. The van der Waals surface area contributed by atoms with Gasteiger partial charge in [0.05, 0.1) is 10.9 Å². The fraction of sp³-hybridized carbons (Fsp3) is 0.368. The van der Waals surface area contributed by atoms with E-state index in [4.69, 9.17) is 0 Å². The van der Waals surface area contributed by atoms with E-state index in [0.717, 1.165) is 40.8 Å². The van der Waals surface area contributed by atoms with Crippen LogP contribution in [0.2, 0.25) is 0 Å². The summed E-state index contributed by atoms with van der Waals surface area (Å²) in [6.45, 7) is 4.69. The number of aryl methyl sites for hydroxylation is 3. The lowest BCUT2D eigenvalue weighted by Crippen LogP contribution is -2.08. The fourth-order valence-corrected chi connectivity index (χ4v) is 3.68. The first-order chi connectivity index (χ1) is 12.4. The number of nitrogens with zero attached hydrogens (tertiary/aromatic N) is 2. The molecule has 0 spiro atoms. The second-order valence-electron chi connectivity index (χ2n) is 6.15. The van der Waals surface area contributed by atoms with Crippen LogP contribution in [0.3, 0.4) is 0 Å². The average Bonchev–Trinajstić information content (AvgIpc) is 2.98. The van der Waals surface area contributed by atoms with Crippen LogP contribution < -0.4 is 5.32 Å². The van der Waals surface area contributed by atoms with Crippen LogP contribution in [0.25, 0.3) is 10.2 Å². The molecule has 1 aromatic carbocycles. The fourth-order valence-electron chi connectivity index (χ4n) is 2.78. The van der Waals surface area contributed by atoms with E-state index < -0.39 is 11.7 Å². The van der Waals surface area contributed by atoms with E-state index in [-0.39, 0.29) is 0 Å².